The quantitative estimate of drug-likeness (QED) is 0.593. The number of halogens is 1. The van der Waals surface area contributed by atoms with Gasteiger partial charge in [0.2, 0.25) is 0 Å². The van der Waals surface area contributed by atoms with Crippen molar-refractivity contribution in [2.45, 2.75) is 6.92 Å². The van der Waals surface area contributed by atoms with Crippen molar-refractivity contribution in [2.75, 3.05) is 6.26 Å². The highest BCUT2D eigenvalue weighted by atomic mass is 79.9. The molecular weight excluding hydrogens is 234 g/mol. The summed E-state index contributed by atoms with van der Waals surface area (Å²) in [6, 6.07) is 5.99. The van der Waals surface area contributed by atoms with E-state index in [0.29, 0.717) is 5.04 Å². The molecule has 1 aromatic carbocycles. The molecule has 0 aliphatic rings. The summed E-state index contributed by atoms with van der Waals surface area (Å²) in [7, 11) is 0. The van der Waals surface area contributed by atoms with Crippen LogP contribution in [0.25, 0.3) is 0 Å². The highest BCUT2D eigenvalue weighted by Crippen LogP contribution is 2.19. The van der Waals surface area contributed by atoms with Crippen LogP contribution in [0.5, 0.6) is 0 Å². The van der Waals surface area contributed by atoms with E-state index in [1.54, 1.807) is 0 Å². The average Bonchev–Trinajstić information content (AvgIpc) is 2.08. The zero-order valence-electron chi connectivity index (χ0n) is 7.02. The second kappa shape index (κ2) is 4.10. The second-order valence-electron chi connectivity index (χ2n) is 2.49. The Hall–Kier alpha value is -0.280. The Morgan fingerprint density at radius 1 is 1.50 bits per heavy atom. The number of hydrogen-bond acceptors (Lipinski definition) is 2. The van der Waals surface area contributed by atoms with E-state index in [9.17, 15) is 0 Å². The molecule has 0 saturated carbocycles. The first-order chi connectivity index (χ1) is 5.65. The Morgan fingerprint density at radius 3 is 2.75 bits per heavy atom. The third-order valence-electron chi connectivity index (χ3n) is 1.65. The lowest BCUT2D eigenvalue weighted by atomic mass is 10.1. The maximum atomic E-state index is 7.66. The Bertz CT molecular complexity index is 309. The molecule has 0 aromatic heterocycles. The third-order valence-corrected chi connectivity index (χ3v) is 2.77. The second-order valence-corrected chi connectivity index (χ2v) is 4.22. The van der Waals surface area contributed by atoms with Crippen LogP contribution in [-0.2, 0) is 0 Å². The summed E-state index contributed by atoms with van der Waals surface area (Å²) in [6.07, 6.45) is 1.92. The molecule has 64 valence electrons. The molecule has 3 heteroatoms. The number of rotatable bonds is 1. The molecule has 12 heavy (non-hydrogen) atoms. The van der Waals surface area contributed by atoms with Gasteiger partial charge in [-0.3, -0.25) is 5.41 Å². The zero-order valence-corrected chi connectivity index (χ0v) is 9.42. The number of hydrogen-bond donors (Lipinski definition) is 1. The summed E-state index contributed by atoms with van der Waals surface area (Å²) in [5.41, 5.74) is 2.16. The van der Waals surface area contributed by atoms with Crippen LogP contribution in [-0.4, -0.2) is 11.3 Å². The maximum Gasteiger partial charge on any atom is 0.0942 e. The topological polar surface area (TPSA) is 23.9 Å². The minimum absolute atomic E-state index is 0.619. The number of thioether (sulfide) groups is 1. The van der Waals surface area contributed by atoms with Crippen LogP contribution >= 0.6 is 27.7 Å². The van der Waals surface area contributed by atoms with Crippen LogP contribution in [0.4, 0.5) is 0 Å². The molecule has 0 spiro atoms. The van der Waals surface area contributed by atoms with Crippen molar-refractivity contribution >= 4 is 32.7 Å². The zero-order chi connectivity index (χ0) is 9.14. The predicted molar refractivity (Wildman–Crippen MR) is 59.2 cm³/mol. The van der Waals surface area contributed by atoms with Crippen molar-refractivity contribution in [2.24, 2.45) is 0 Å². The average molecular weight is 244 g/mol. The number of nitrogens with one attached hydrogen (secondary N) is 1. The Labute approximate surface area is 85.2 Å². The summed E-state index contributed by atoms with van der Waals surface area (Å²) in [5, 5.41) is 8.28. The van der Waals surface area contributed by atoms with E-state index in [1.807, 2.05) is 31.4 Å². The normalized spacial score (nSPS) is 9.92. The maximum absolute atomic E-state index is 7.66. The predicted octanol–water partition coefficient (Wildman–Crippen LogP) is 3.45. The highest BCUT2D eigenvalue weighted by Gasteiger charge is 2.03. The molecule has 0 radical (unpaired) electrons. The van der Waals surface area contributed by atoms with Gasteiger partial charge in [0.15, 0.2) is 0 Å². The lowest BCUT2D eigenvalue weighted by molar-refractivity contribution is 1.41. The van der Waals surface area contributed by atoms with Gasteiger partial charge in [-0.05, 0) is 30.9 Å². The molecule has 1 rings (SSSR count). The van der Waals surface area contributed by atoms with Gasteiger partial charge >= 0.3 is 0 Å². The smallest absolute Gasteiger partial charge is 0.0942 e. The summed E-state index contributed by atoms with van der Waals surface area (Å²) in [6.45, 7) is 2.02. The summed E-state index contributed by atoms with van der Waals surface area (Å²) in [4.78, 5) is 0. The molecule has 0 aliphatic carbocycles. The fourth-order valence-corrected chi connectivity index (χ4v) is 1.75. The van der Waals surface area contributed by atoms with Crippen molar-refractivity contribution in [3.8, 4) is 0 Å². The summed E-state index contributed by atoms with van der Waals surface area (Å²) < 4.78 is 1.03. The van der Waals surface area contributed by atoms with Crippen LogP contribution in [0.15, 0.2) is 22.7 Å². The Balaban J connectivity index is 3.13. The molecule has 0 unspecified atom stereocenters. The minimum atomic E-state index is 0.619. The molecule has 1 nitrogen and oxygen atoms in total. The van der Waals surface area contributed by atoms with Crippen molar-refractivity contribution < 1.29 is 0 Å². The first-order valence-electron chi connectivity index (χ1n) is 3.54. The van der Waals surface area contributed by atoms with Crippen molar-refractivity contribution in [3.63, 3.8) is 0 Å². The Kier molecular flexibility index (Phi) is 3.35. The lowest BCUT2D eigenvalue weighted by Crippen LogP contribution is -1.95. The van der Waals surface area contributed by atoms with Gasteiger partial charge in [-0.1, -0.05) is 22.0 Å². The third kappa shape index (κ3) is 2.11. The van der Waals surface area contributed by atoms with Gasteiger partial charge in [-0.2, -0.15) is 0 Å². The van der Waals surface area contributed by atoms with Gasteiger partial charge in [0.05, 0.1) is 5.04 Å². The fourth-order valence-electron chi connectivity index (χ4n) is 0.949. The van der Waals surface area contributed by atoms with Crippen molar-refractivity contribution in [1.29, 1.82) is 5.41 Å². The molecule has 1 N–H and O–H groups in total. The molecule has 0 atom stereocenters. The monoisotopic (exact) mass is 243 g/mol. The molecule has 1 aromatic rings. The van der Waals surface area contributed by atoms with Crippen molar-refractivity contribution in [1.82, 2.24) is 0 Å². The van der Waals surface area contributed by atoms with E-state index < -0.39 is 0 Å². The molecule has 0 fully saturated rings. The number of aryl methyl sites for hydroxylation is 1. The van der Waals surface area contributed by atoms with Crippen LogP contribution in [0.2, 0.25) is 0 Å². The van der Waals surface area contributed by atoms with E-state index >= 15 is 0 Å². The van der Waals surface area contributed by atoms with Gasteiger partial charge in [0.25, 0.3) is 0 Å². The van der Waals surface area contributed by atoms with Gasteiger partial charge in [-0.15, -0.1) is 11.8 Å². The minimum Gasteiger partial charge on any atom is -0.293 e. The van der Waals surface area contributed by atoms with E-state index in [1.165, 1.54) is 11.8 Å². The van der Waals surface area contributed by atoms with Crippen LogP contribution in [0.3, 0.4) is 0 Å². The molecule has 0 amide bonds. The summed E-state index contributed by atoms with van der Waals surface area (Å²) in [5.74, 6) is 0. The van der Waals surface area contributed by atoms with Crippen molar-refractivity contribution in [3.05, 3.63) is 33.8 Å². The number of benzene rings is 1. The van der Waals surface area contributed by atoms with E-state index in [2.05, 4.69) is 15.9 Å². The molecule has 0 heterocycles. The van der Waals surface area contributed by atoms with E-state index in [-0.39, 0.29) is 0 Å². The fraction of sp³-hybridized carbons (Fsp3) is 0.222. The van der Waals surface area contributed by atoms with Crippen LogP contribution < -0.4 is 0 Å². The van der Waals surface area contributed by atoms with Gasteiger partial charge < -0.3 is 0 Å². The molecule has 0 saturated heterocycles. The van der Waals surface area contributed by atoms with Crippen LogP contribution in [0, 0.1) is 12.3 Å². The largest absolute Gasteiger partial charge is 0.293 e. The lowest BCUT2D eigenvalue weighted by Gasteiger charge is -2.04. The molecular formula is C9H10BrNS. The van der Waals surface area contributed by atoms with E-state index in [4.69, 9.17) is 5.41 Å². The standard InChI is InChI=1S/C9H10BrNS/c1-6-3-4-7(10)5-8(6)9(11)12-2/h3-5,11H,1-2H3. The molecule has 0 aliphatic heterocycles. The Morgan fingerprint density at radius 2 is 2.17 bits per heavy atom. The SMILES string of the molecule is CSC(=N)c1cc(Br)ccc1C. The van der Waals surface area contributed by atoms with Gasteiger partial charge in [-0.25, -0.2) is 0 Å². The highest BCUT2D eigenvalue weighted by molar-refractivity contribution is 9.10. The summed E-state index contributed by atoms with van der Waals surface area (Å²) >= 11 is 4.85. The van der Waals surface area contributed by atoms with Crippen LogP contribution in [0.1, 0.15) is 11.1 Å². The first-order valence-corrected chi connectivity index (χ1v) is 5.56. The first kappa shape index (κ1) is 9.81. The van der Waals surface area contributed by atoms with Gasteiger partial charge in [0.1, 0.15) is 0 Å². The van der Waals surface area contributed by atoms with Gasteiger partial charge in [0, 0.05) is 10.0 Å². The molecule has 0 bridgehead atoms. The van der Waals surface area contributed by atoms with E-state index in [0.717, 1.165) is 15.6 Å².